The van der Waals surface area contributed by atoms with Gasteiger partial charge in [-0.3, -0.25) is 9.69 Å². The van der Waals surface area contributed by atoms with Crippen LogP contribution in [0, 0.1) is 0 Å². The summed E-state index contributed by atoms with van der Waals surface area (Å²) in [5.41, 5.74) is 3.20. The van der Waals surface area contributed by atoms with E-state index in [0.717, 1.165) is 48.7 Å². The zero-order chi connectivity index (χ0) is 17.9. The monoisotopic (exact) mass is 351 g/mol. The first kappa shape index (κ1) is 17.1. The summed E-state index contributed by atoms with van der Waals surface area (Å²) < 4.78 is 12.1. The van der Waals surface area contributed by atoms with Gasteiger partial charge in [-0.15, -0.1) is 0 Å². The Bertz CT molecular complexity index is 809. The number of hydrogen-bond acceptors (Lipinski definition) is 4. The summed E-state index contributed by atoms with van der Waals surface area (Å²) in [6.45, 7) is 6.60. The molecule has 0 N–H and O–H groups in total. The molecule has 0 aromatic heterocycles. The van der Waals surface area contributed by atoms with Crippen molar-refractivity contribution >= 4 is 5.78 Å². The highest BCUT2D eigenvalue weighted by Gasteiger charge is 2.32. The first-order valence-corrected chi connectivity index (χ1v) is 9.58. The van der Waals surface area contributed by atoms with E-state index in [1.54, 1.807) is 0 Å². The van der Waals surface area contributed by atoms with Crippen LogP contribution in [0.3, 0.4) is 0 Å². The standard InChI is InChI=1S/C22H25NO3/c1-2-14-25-18-9-5-7-16-20(18)21-17(22(16)24)8-6-10-19(21)26-15-13-23-11-3-4-12-23/h5-10H,2-4,11-15H2,1H3. The van der Waals surface area contributed by atoms with Crippen LogP contribution in [0.4, 0.5) is 0 Å². The largest absolute Gasteiger partial charge is 0.493 e. The number of benzene rings is 2. The maximum absolute atomic E-state index is 12.8. The van der Waals surface area contributed by atoms with E-state index in [1.165, 1.54) is 12.8 Å². The smallest absolute Gasteiger partial charge is 0.194 e. The fourth-order valence-electron chi connectivity index (χ4n) is 3.85. The summed E-state index contributed by atoms with van der Waals surface area (Å²) in [5, 5.41) is 0. The van der Waals surface area contributed by atoms with Gasteiger partial charge in [0.2, 0.25) is 0 Å². The molecule has 4 heteroatoms. The van der Waals surface area contributed by atoms with E-state index < -0.39 is 0 Å². The van der Waals surface area contributed by atoms with Crippen molar-refractivity contribution in [3.05, 3.63) is 47.5 Å². The van der Waals surface area contributed by atoms with E-state index in [4.69, 9.17) is 9.47 Å². The van der Waals surface area contributed by atoms with Crippen LogP contribution in [0.5, 0.6) is 11.5 Å². The van der Waals surface area contributed by atoms with Crippen molar-refractivity contribution in [1.82, 2.24) is 4.90 Å². The molecule has 2 aromatic carbocycles. The van der Waals surface area contributed by atoms with Crippen LogP contribution in [0.1, 0.15) is 42.1 Å². The number of fused-ring (bicyclic) bond motifs is 3. The van der Waals surface area contributed by atoms with E-state index in [1.807, 2.05) is 36.4 Å². The van der Waals surface area contributed by atoms with Crippen molar-refractivity contribution in [1.29, 1.82) is 0 Å². The Balaban J connectivity index is 1.64. The molecule has 4 rings (SSSR count). The number of carbonyl (C=O) groups is 1. The first-order chi connectivity index (χ1) is 12.8. The van der Waals surface area contributed by atoms with E-state index in [-0.39, 0.29) is 5.78 Å². The lowest BCUT2D eigenvalue weighted by Gasteiger charge is -2.17. The van der Waals surface area contributed by atoms with Crippen LogP contribution >= 0.6 is 0 Å². The fraction of sp³-hybridized carbons (Fsp3) is 0.409. The molecule has 26 heavy (non-hydrogen) atoms. The molecule has 0 radical (unpaired) electrons. The summed E-state index contributed by atoms with van der Waals surface area (Å²) in [7, 11) is 0. The van der Waals surface area contributed by atoms with Crippen molar-refractivity contribution in [2.24, 2.45) is 0 Å². The van der Waals surface area contributed by atoms with Crippen LogP contribution < -0.4 is 9.47 Å². The van der Waals surface area contributed by atoms with Crippen LogP contribution in [-0.4, -0.2) is 43.5 Å². The lowest BCUT2D eigenvalue weighted by Crippen LogP contribution is -2.25. The van der Waals surface area contributed by atoms with Crippen molar-refractivity contribution < 1.29 is 14.3 Å². The molecule has 1 saturated heterocycles. The molecule has 1 aliphatic carbocycles. The van der Waals surface area contributed by atoms with E-state index in [9.17, 15) is 4.79 Å². The molecule has 1 heterocycles. The van der Waals surface area contributed by atoms with Gasteiger partial charge in [0.25, 0.3) is 0 Å². The minimum atomic E-state index is 0.0574. The van der Waals surface area contributed by atoms with Gasteiger partial charge < -0.3 is 9.47 Å². The molecule has 1 aliphatic heterocycles. The van der Waals surface area contributed by atoms with Crippen LogP contribution in [0.15, 0.2) is 36.4 Å². The number of ether oxygens (including phenoxy) is 2. The SMILES string of the molecule is CCCOc1cccc2c1-c1c(OCCN3CCCC3)cccc1C2=O. The van der Waals surface area contributed by atoms with Gasteiger partial charge in [0.1, 0.15) is 18.1 Å². The average molecular weight is 351 g/mol. The topological polar surface area (TPSA) is 38.8 Å². The highest BCUT2D eigenvalue weighted by molar-refractivity contribution is 6.23. The molecule has 0 amide bonds. The summed E-state index contributed by atoms with van der Waals surface area (Å²) in [5.74, 6) is 1.61. The van der Waals surface area contributed by atoms with Gasteiger partial charge in [-0.05, 0) is 44.5 Å². The zero-order valence-corrected chi connectivity index (χ0v) is 15.3. The molecular weight excluding hydrogens is 326 g/mol. The van der Waals surface area contributed by atoms with E-state index >= 15 is 0 Å². The lowest BCUT2D eigenvalue weighted by atomic mass is 10.0. The average Bonchev–Trinajstić information content (AvgIpc) is 3.28. The predicted molar refractivity (Wildman–Crippen MR) is 102 cm³/mol. The van der Waals surface area contributed by atoms with Gasteiger partial charge in [0.05, 0.1) is 6.61 Å². The minimum absolute atomic E-state index is 0.0574. The summed E-state index contributed by atoms with van der Waals surface area (Å²) in [6.07, 6.45) is 3.49. The number of hydrogen-bond donors (Lipinski definition) is 0. The normalized spacial score (nSPS) is 15.8. The van der Waals surface area contributed by atoms with Crippen LogP contribution in [0.2, 0.25) is 0 Å². The van der Waals surface area contributed by atoms with Crippen molar-refractivity contribution in [2.45, 2.75) is 26.2 Å². The van der Waals surface area contributed by atoms with Gasteiger partial charge in [-0.25, -0.2) is 0 Å². The molecule has 2 aliphatic rings. The Morgan fingerprint density at radius 1 is 0.885 bits per heavy atom. The number of nitrogens with zero attached hydrogens (tertiary/aromatic N) is 1. The molecule has 0 spiro atoms. The van der Waals surface area contributed by atoms with Gasteiger partial charge in [-0.2, -0.15) is 0 Å². The zero-order valence-electron chi connectivity index (χ0n) is 15.3. The third kappa shape index (κ3) is 3.10. The quantitative estimate of drug-likeness (QED) is 0.641. The van der Waals surface area contributed by atoms with E-state index in [2.05, 4.69) is 11.8 Å². The number of carbonyl (C=O) groups excluding carboxylic acids is 1. The molecule has 2 aromatic rings. The minimum Gasteiger partial charge on any atom is -0.493 e. The van der Waals surface area contributed by atoms with Crippen LogP contribution in [-0.2, 0) is 0 Å². The molecular formula is C22H25NO3. The molecule has 136 valence electrons. The highest BCUT2D eigenvalue weighted by atomic mass is 16.5. The number of likely N-dealkylation sites (tertiary alicyclic amines) is 1. The summed E-state index contributed by atoms with van der Waals surface area (Å²) in [4.78, 5) is 15.3. The van der Waals surface area contributed by atoms with Gasteiger partial charge in [0.15, 0.2) is 5.78 Å². The van der Waals surface area contributed by atoms with Gasteiger partial charge in [0, 0.05) is 28.8 Å². The Labute approximate surface area is 154 Å². The number of ketones is 1. The van der Waals surface area contributed by atoms with Gasteiger partial charge >= 0.3 is 0 Å². The van der Waals surface area contributed by atoms with Crippen molar-refractivity contribution in [3.8, 4) is 22.6 Å². The second kappa shape index (κ2) is 7.50. The summed E-state index contributed by atoms with van der Waals surface area (Å²) in [6, 6.07) is 11.5. The van der Waals surface area contributed by atoms with Crippen molar-refractivity contribution in [3.63, 3.8) is 0 Å². The highest BCUT2D eigenvalue weighted by Crippen LogP contribution is 2.47. The second-order valence-electron chi connectivity index (χ2n) is 6.93. The summed E-state index contributed by atoms with van der Waals surface area (Å²) >= 11 is 0. The number of rotatable bonds is 7. The second-order valence-corrected chi connectivity index (χ2v) is 6.93. The predicted octanol–water partition coefficient (Wildman–Crippen LogP) is 4.16. The van der Waals surface area contributed by atoms with E-state index in [0.29, 0.717) is 24.3 Å². The molecule has 4 nitrogen and oxygen atoms in total. The maximum Gasteiger partial charge on any atom is 0.194 e. The molecule has 1 fully saturated rings. The Hall–Kier alpha value is -2.33. The Morgan fingerprint density at radius 3 is 2.04 bits per heavy atom. The third-order valence-electron chi connectivity index (χ3n) is 5.12. The molecule has 0 atom stereocenters. The Morgan fingerprint density at radius 2 is 1.46 bits per heavy atom. The molecule has 0 saturated carbocycles. The maximum atomic E-state index is 12.8. The van der Waals surface area contributed by atoms with Crippen LogP contribution in [0.25, 0.3) is 11.1 Å². The first-order valence-electron chi connectivity index (χ1n) is 9.58. The lowest BCUT2D eigenvalue weighted by molar-refractivity contribution is 0.104. The third-order valence-corrected chi connectivity index (χ3v) is 5.12. The van der Waals surface area contributed by atoms with Crippen molar-refractivity contribution in [2.75, 3.05) is 32.8 Å². The molecule has 0 unspecified atom stereocenters. The Kier molecular flexibility index (Phi) is 4.93. The van der Waals surface area contributed by atoms with Gasteiger partial charge in [-0.1, -0.05) is 31.2 Å². The molecule has 0 bridgehead atoms. The fourth-order valence-corrected chi connectivity index (χ4v) is 3.85.